The van der Waals surface area contributed by atoms with E-state index in [9.17, 15) is 9.90 Å². The minimum Gasteiger partial charge on any atom is -0.481 e. The highest BCUT2D eigenvalue weighted by molar-refractivity contribution is 8.00. The zero-order valence-electron chi connectivity index (χ0n) is 10.2. The summed E-state index contributed by atoms with van der Waals surface area (Å²) in [6.45, 7) is 7.70. The first kappa shape index (κ1) is 13.1. The molecule has 0 radical (unpaired) electrons. The molecule has 88 valence electrons. The van der Waals surface area contributed by atoms with Crippen LogP contribution in [0.2, 0.25) is 0 Å². The predicted octanol–water partition coefficient (Wildman–Crippen LogP) is 3.55. The Balaban J connectivity index is 3.17. The van der Waals surface area contributed by atoms with Crippen molar-refractivity contribution in [3.63, 3.8) is 0 Å². The Labute approximate surface area is 101 Å². The lowest BCUT2D eigenvalue weighted by molar-refractivity contribution is -0.142. The molecule has 0 aliphatic carbocycles. The maximum Gasteiger partial charge on any atom is 0.313 e. The van der Waals surface area contributed by atoms with Crippen molar-refractivity contribution in [2.45, 2.75) is 43.3 Å². The molecule has 1 rings (SSSR count). The molecule has 3 heteroatoms. The lowest BCUT2D eigenvalue weighted by Crippen LogP contribution is -2.29. The molecule has 0 atom stereocenters. The number of rotatable bonds is 4. The molecule has 1 N–H and O–H groups in total. The van der Waals surface area contributed by atoms with Crippen molar-refractivity contribution in [1.29, 1.82) is 0 Å². The van der Waals surface area contributed by atoms with Gasteiger partial charge in [0.15, 0.2) is 0 Å². The first-order valence-corrected chi connectivity index (χ1v) is 6.23. The molecule has 2 nitrogen and oxygen atoms in total. The molecule has 0 spiro atoms. The van der Waals surface area contributed by atoms with Crippen LogP contribution in [0.1, 0.15) is 33.3 Å². The maximum absolute atomic E-state index is 11.3. The van der Waals surface area contributed by atoms with Crippen LogP contribution in [0.15, 0.2) is 29.2 Å². The number of carbonyl (C=O) groups is 1. The van der Waals surface area contributed by atoms with Crippen molar-refractivity contribution < 1.29 is 9.90 Å². The minimum absolute atomic E-state index is 0.450. The third kappa shape index (κ3) is 2.79. The SMILES string of the molecule is CC(C)Sc1ccccc1C(C)(C)C(=O)O. The summed E-state index contributed by atoms with van der Waals surface area (Å²) in [7, 11) is 0. The molecule has 16 heavy (non-hydrogen) atoms. The van der Waals surface area contributed by atoms with Crippen molar-refractivity contribution in [2.24, 2.45) is 0 Å². The molecule has 0 amide bonds. The van der Waals surface area contributed by atoms with E-state index in [2.05, 4.69) is 13.8 Å². The average Bonchev–Trinajstić information content (AvgIpc) is 2.17. The third-order valence-corrected chi connectivity index (χ3v) is 3.54. The van der Waals surface area contributed by atoms with Crippen LogP contribution in [-0.4, -0.2) is 16.3 Å². The van der Waals surface area contributed by atoms with E-state index in [0.29, 0.717) is 5.25 Å². The first-order chi connectivity index (χ1) is 7.35. The Morgan fingerprint density at radius 2 is 1.88 bits per heavy atom. The molecule has 0 heterocycles. The minimum atomic E-state index is -0.835. The molecule has 0 fully saturated rings. The van der Waals surface area contributed by atoms with E-state index in [-0.39, 0.29) is 0 Å². The fraction of sp³-hybridized carbons (Fsp3) is 0.462. The third-order valence-electron chi connectivity index (χ3n) is 2.46. The second-order valence-corrected chi connectivity index (χ2v) is 6.21. The van der Waals surface area contributed by atoms with E-state index < -0.39 is 11.4 Å². The Morgan fingerprint density at radius 3 is 2.38 bits per heavy atom. The molecular weight excluding hydrogens is 220 g/mol. The second-order valence-electron chi connectivity index (χ2n) is 4.59. The van der Waals surface area contributed by atoms with E-state index in [1.54, 1.807) is 25.6 Å². The Hall–Kier alpha value is -0.960. The normalized spacial score (nSPS) is 11.8. The van der Waals surface area contributed by atoms with Crippen LogP contribution < -0.4 is 0 Å². The van der Waals surface area contributed by atoms with Crippen LogP contribution in [0.3, 0.4) is 0 Å². The highest BCUT2D eigenvalue weighted by Crippen LogP contribution is 2.34. The highest BCUT2D eigenvalue weighted by atomic mass is 32.2. The molecule has 0 aromatic heterocycles. The molecule has 0 saturated heterocycles. The summed E-state index contributed by atoms with van der Waals surface area (Å²) in [6, 6.07) is 7.74. The predicted molar refractivity (Wildman–Crippen MR) is 68.1 cm³/mol. The van der Waals surface area contributed by atoms with Gasteiger partial charge in [-0.2, -0.15) is 0 Å². The van der Waals surface area contributed by atoms with Crippen molar-refractivity contribution >= 4 is 17.7 Å². The van der Waals surface area contributed by atoms with Crippen molar-refractivity contribution in [2.75, 3.05) is 0 Å². The molecule has 1 aromatic carbocycles. The Bertz CT molecular complexity index is 383. The number of thioether (sulfide) groups is 1. The number of carboxylic acid groups (broad SMARTS) is 1. The van der Waals surface area contributed by atoms with Crippen molar-refractivity contribution in [1.82, 2.24) is 0 Å². The number of carboxylic acids is 1. The van der Waals surface area contributed by atoms with Gasteiger partial charge in [0.1, 0.15) is 0 Å². The molecule has 0 aliphatic rings. The largest absolute Gasteiger partial charge is 0.481 e. The molecule has 0 bridgehead atoms. The van der Waals surface area contributed by atoms with Crippen molar-refractivity contribution in [3.8, 4) is 0 Å². The lowest BCUT2D eigenvalue weighted by atomic mass is 9.85. The van der Waals surface area contributed by atoms with Gasteiger partial charge in [-0.15, -0.1) is 11.8 Å². The van der Waals surface area contributed by atoms with Gasteiger partial charge in [0.05, 0.1) is 5.41 Å². The van der Waals surface area contributed by atoms with E-state index in [4.69, 9.17) is 0 Å². The van der Waals surface area contributed by atoms with Crippen LogP contribution >= 0.6 is 11.8 Å². The van der Waals surface area contributed by atoms with Gasteiger partial charge in [0.2, 0.25) is 0 Å². The molecule has 0 saturated carbocycles. The number of benzene rings is 1. The van der Waals surface area contributed by atoms with Crippen LogP contribution in [-0.2, 0) is 10.2 Å². The van der Waals surface area contributed by atoms with E-state index in [0.717, 1.165) is 10.5 Å². The summed E-state index contributed by atoms with van der Waals surface area (Å²) < 4.78 is 0. The Morgan fingerprint density at radius 1 is 1.31 bits per heavy atom. The first-order valence-electron chi connectivity index (χ1n) is 5.35. The van der Waals surface area contributed by atoms with Gasteiger partial charge in [-0.25, -0.2) is 0 Å². The molecule has 1 aromatic rings. The fourth-order valence-electron chi connectivity index (χ4n) is 1.45. The summed E-state index contributed by atoms with van der Waals surface area (Å²) >= 11 is 1.71. The van der Waals surface area contributed by atoms with Gasteiger partial charge < -0.3 is 5.11 Å². The molecular formula is C13H18O2S. The van der Waals surface area contributed by atoms with Crippen LogP contribution in [0.25, 0.3) is 0 Å². The monoisotopic (exact) mass is 238 g/mol. The summed E-state index contributed by atoms with van der Waals surface area (Å²) in [5, 5.41) is 9.69. The van der Waals surface area contributed by atoms with Gasteiger partial charge in [0, 0.05) is 10.1 Å². The van der Waals surface area contributed by atoms with Gasteiger partial charge >= 0.3 is 5.97 Å². The topological polar surface area (TPSA) is 37.3 Å². The van der Waals surface area contributed by atoms with Gasteiger partial charge in [-0.05, 0) is 25.5 Å². The smallest absolute Gasteiger partial charge is 0.313 e. The fourth-order valence-corrected chi connectivity index (χ4v) is 2.57. The zero-order chi connectivity index (χ0) is 12.3. The summed E-state index contributed by atoms with van der Waals surface area (Å²) in [4.78, 5) is 12.3. The van der Waals surface area contributed by atoms with E-state index in [1.165, 1.54) is 0 Å². The van der Waals surface area contributed by atoms with Crippen molar-refractivity contribution in [3.05, 3.63) is 29.8 Å². The summed E-state index contributed by atoms with van der Waals surface area (Å²) in [5.74, 6) is -0.788. The van der Waals surface area contributed by atoms with Crippen LogP contribution in [0.4, 0.5) is 0 Å². The average molecular weight is 238 g/mol. The Kier molecular flexibility index (Phi) is 4.03. The molecule has 0 unspecified atom stereocenters. The maximum atomic E-state index is 11.3. The van der Waals surface area contributed by atoms with Gasteiger partial charge in [-0.1, -0.05) is 32.0 Å². The summed E-state index contributed by atoms with van der Waals surface area (Å²) in [5.41, 5.74) is 0.0552. The van der Waals surface area contributed by atoms with E-state index in [1.807, 2.05) is 24.3 Å². The standard InChI is InChI=1S/C13H18O2S/c1-9(2)16-11-8-6-5-7-10(11)13(3,4)12(14)15/h5-9H,1-4H3,(H,14,15). The van der Waals surface area contributed by atoms with Crippen LogP contribution in [0, 0.1) is 0 Å². The highest BCUT2D eigenvalue weighted by Gasteiger charge is 2.31. The zero-order valence-corrected chi connectivity index (χ0v) is 11.0. The number of hydrogen-bond donors (Lipinski definition) is 1. The number of aliphatic carboxylic acids is 1. The second kappa shape index (κ2) is 4.91. The van der Waals surface area contributed by atoms with Crippen LogP contribution in [0.5, 0.6) is 0 Å². The van der Waals surface area contributed by atoms with Gasteiger partial charge in [0.25, 0.3) is 0 Å². The number of hydrogen-bond acceptors (Lipinski definition) is 2. The van der Waals surface area contributed by atoms with Gasteiger partial charge in [-0.3, -0.25) is 4.79 Å². The summed E-state index contributed by atoms with van der Waals surface area (Å²) in [6.07, 6.45) is 0. The molecule has 0 aliphatic heterocycles. The lowest BCUT2D eigenvalue weighted by Gasteiger charge is -2.23. The quantitative estimate of drug-likeness (QED) is 0.815. The van der Waals surface area contributed by atoms with E-state index >= 15 is 0 Å².